The van der Waals surface area contributed by atoms with Gasteiger partial charge in [0.15, 0.2) is 0 Å². The number of amides is 2. The lowest BCUT2D eigenvalue weighted by Gasteiger charge is -2.32. The van der Waals surface area contributed by atoms with Gasteiger partial charge in [0.25, 0.3) is 5.91 Å². The normalized spacial score (nSPS) is 15.5. The number of likely N-dealkylation sites (tertiary alicyclic amines) is 1. The molecule has 1 aliphatic rings. The van der Waals surface area contributed by atoms with Gasteiger partial charge in [-0.2, -0.15) is 0 Å². The zero-order chi connectivity index (χ0) is 19.1. The van der Waals surface area contributed by atoms with E-state index in [0.717, 1.165) is 24.8 Å². The fourth-order valence-corrected chi connectivity index (χ4v) is 2.84. The Bertz CT molecular complexity index is 704. The van der Waals surface area contributed by atoms with Gasteiger partial charge in [-0.1, -0.05) is 18.6 Å². The van der Waals surface area contributed by atoms with Crippen LogP contribution in [0.5, 0.6) is 5.75 Å². The van der Waals surface area contributed by atoms with Gasteiger partial charge in [-0.3, -0.25) is 14.4 Å². The molecule has 140 valence electrons. The van der Waals surface area contributed by atoms with Gasteiger partial charge in [0.1, 0.15) is 5.75 Å². The van der Waals surface area contributed by atoms with Gasteiger partial charge in [-0.25, -0.2) is 0 Å². The Kier molecular flexibility index (Phi) is 6.95. The zero-order valence-electron chi connectivity index (χ0n) is 15.6. The standard InChI is InChI=1S/C20H26N2O4/c1-4-14(2)12-19(24)21-17-8-10-22(11-9-17)20(25)16-6-5-7-18(13-16)26-15(3)23/h5-7,12-13,17H,4,8-11H2,1-3H3,(H,21,24)/b14-12+. The van der Waals surface area contributed by atoms with Crippen molar-refractivity contribution in [2.75, 3.05) is 13.1 Å². The number of piperidine rings is 1. The van der Waals surface area contributed by atoms with Crippen molar-refractivity contribution in [3.05, 3.63) is 41.5 Å². The van der Waals surface area contributed by atoms with Crippen LogP contribution in [0.1, 0.15) is 50.4 Å². The molecule has 0 radical (unpaired) electrons. The van der Waals surface area contributed by atoms with Gasteiger partial charge in [-0.05, 0) is 44.4 Å². The monoisotopic (exact) mass is 358 g/mol. The van der Waals surface area contributed by atoms with E-state index in [1.807, 2.05) is 13.8 Å². The molecule has 1 aromatic rings. The molecule has 2 amide bonds. The second-order valence-corrected chi connectivity index (χ2v) is 6.54. The number of allylic oxidation sites excluding steroid dienone is 1. The third-order valence-electron chi connectivity index (χ3n) is 4.41. The van der Waals surface area contributed by atoms with Crippen LogP contribution in [0.15, 0.2) is 35.9 Å². The molecule has 2 rings (SSSR count). The highest BCUT2D eigenvalue weighted by atomic mass is 16.5. The third-order valence-corrected chi connectivity index (χ3v) is 4.41. The van der Waals surface area contributed by atoms with Gasteiger partial charge in [-0.15, -0.1) is 0 Å². The summed E-state index contributed by atoms with van der Waals surface area (Å²) in [5.41, 5.74) is 1.54. The maximum absolute atomic E-state index is 12.6. The number of carbonyl (C=O) groups is 3. The van der Waals surface area contributed by atoms with Crippen molar-refractivity contribution < 1.29 is 19.1 Å². The summed E-state index contributed by atoms with van der Waals surface area (Å²) in [6, 6.07) is 6.71. The Hall–Kier alpha value is -2.63. The minimum Gasteiger partial charge on any atom is -0.427 e. The lowest BCUT2D eigenvalue weighted by atomic mass is 10.0. The highest BCUT2D eigenvalue weighted by molar-refractivity contribution is 5.95. The molecule has 1 fully saturated rings. The zero-order valence-corrected chi connectivity index (χ0v) is 15.6. The van der Waals surface area contributed by atoms with E-state index in [1.54, 1.807) is 35.2 Å². The summed E-state index contributed by atoms with van der Waals surface area (Å²) in [4.78, 5) is 37.4. The Labute approximate surface area is 154 Å². The molecule has 0 spiro atoms. The molecule has 0 aliphatic carbocycles. The van der Waals surface area contributed by atoms with Crippen molar-refractivity contribution in [1.82, 2.24) is 10.2 Å². The highest BCUT2D eigenvalue weighted by Crippen LogP contribution is 2.18. The van der Waals surface area contributed by atoms with Gasteiger partial charge < -0.3 is 15.0 Å². The number of hydrogen-bond acceptors (Lipinski definition) is 4. The summed E-state index contributed by atoms with van der Waals surface area (Å²) in [5, 5.41) is 3.00. The SMILES string of the molecule is CC/C(C)=C/C(=O)NC1CCN(C(=O)c2cccc(OC(C)=O)c2)CC1. The number of hydrogen-bond donors (Lipinski definition) is 1. The fraction of sp³-hybridized carbons (Fsp3) is 0.450. The van der Waals surface area contributed by atoms with Gasteiger partial charge in [0.05, 0.1) is 0 Å². The van der Waals surface area contributed by atoms with Crippen molar-refractivity contribution in [3.63, 3.8) is 0 Å². The van der Waals surface area contributed by atoms with Crippen LogP contribution >= 0.6 is 0 Å². The minimum absolute atomic E-state index is 0.0665. The van der Waals surface area contributed by atoms with E-state index in [9.17, 15) is 14.4 Å². The predicted molar refractivity (Wildman–Crippen MR) is 98.9 cm³/mol. The summed E-state index contributed by atoms with van der Waals surface area (Å²) in [6.07, 6.45) is 3.94. The van der Waals surface area contributed by atoms with Crippen LogP contribution in [-0.2, 0) is 9.59 Å². The highest BCUT2D eigenvalue weighted by Gasteiger charge is 2.24. The average molecular weight is 358 g/mol. The molecule has 1 aromatic carbocycles. The lowest BCUT2D eigenvalue weighted by Crippen LogP contribution is -2.46. The number of esters is 1. The van der Waals surface area contributed by atoms with E-state index >= 15 is 0 Å². The third kappa shape index (κ3) is 5.72. The summed E-state index contributed by atoms with van der Waals surface area (Å²) in [7, 11) is 0. The minimum atomic E-state index is -0.418. The van der Waals surface area contributed by atoms with Crippen LogP contribution in [0.25, 0.3) is 0 Å². The molecular formula is C20H26N2O4. The number of ether oxygens (including phenoxy) is 1. The number of nitrogens with zero attached hydrogens (tertiary/aromatic N) is 1. The van der Waals surface area contributed by atoms with E-state index in [4.69, 9.17) is 4.74 Å². The fourth-order valence-electron chi connectivity index (χ4n) is 2.84. The molecule has 26 heavy (non-hydrogen) atoms. The largest absolute Gasteiger partial charge is 0.427 e. The summed E-state index contributed by atoms with van der Waals surface area (Å²) in [5.74, 6) is -0.212. The lowest BCUT2D eigenvalue weighted by molar-refractivity contribution is -0.131. The Morgan fingerprint density at radius 2 is 1.92 bits per heavy atom. The number of nitrogens with one attached hydrogen (secondary N) is 1. The molecule has 6 heteroatoms. The van der Waals surface area contributed by atoms with E-state index < -0.39 is 5.97 Å². The first kappa shape index (κ1) is 19.7. The molecule has 0 saturated carbocycles. The van der Waals surface area contributed by atoms with Crippen molar-refractivity contribution >= 4 is 17.8 Å². The molecule has 1 N–H and O–H groups in total. The summed E-state index contributed by atoms with van der Waals surface area (Å²) < 4.78 is 5.03. The Morgan fingerprint density at radius 3 is 2.54 bits per heavy atom. The van der Waals surface area contributed by atoms with E-state index in [1.165, 1.54) is 6.92 Å². The quantitative estimate of drug-likeness (QED) is 0.499. The molecule has 0 unspecified atom stereocenters. The van der Waals surface area contributed by atoms with Crippen LogP contribution in [-0.4, -0.2) is 41.8 Å². The molecular weight excluding hydrogens is 332 g/mol. The molecule has 1 aliphatic heterocycles. The van der Waals surface area contributed by atoms with Crippen molar-refractivity contribution in [1.29, 1.82) is 0 Å². The second-order valence-electron chi connectivity index (χ2n) is 6.54. The molecule has 1 heterocycles. The van der Waals surface area contributed by atoms with Crippen molar-refractivity contribution in [2.45, 2.75) is 46.1 Å². The predicted octanol–water partition coefficient (Wildman–Crippen LogP) is 2.69. The van der Waals surface area contributed by atoms with Crippen LogP contribution in [0, 0.1) is 0 Å². The first-order valence-corrected chi connectivity index (χ1v) is 8.94. The van der Waals surface area contributed by atoms with Crippen LogP contribution < -0.4 is 10.1 Å². The van der Waals surface area contributed by atoms with E-state index in [-0.39, 0.29) is 17.9 Å². The Morgan fingerprint density at radius 1 is 1.23 bits per heavy atom. The van der Waals surface area contributed by atoms with Crippen LogP contribution in [0.3, 0.4) is 0 Å². The van der Waals surface area contributed by atoms with Gasteiger partial charge >= 0.3 is 5.97 Å². The van der Waals surface area contributed by atoms with Crippen LogP contribution in [0.2, 0.25) is 0 Å². The van der Waals surface area contributed by atoms with Gasteiger partial charge in [0, 0.05) is 37.7 Å². The average Bonchev–Trinajstić information content (AvgIpc) is 2.61. The summed E-state index contributed by atoms with van der Waals surface area (Å²) in [6.45, 7) is 6.44. The maximum atomic E-state index is 12.6. The van der Waals surface area contributed by atoms with E-state index in [0.29, 0.717) is 24.4 Å². The van der Waals surface area contributed by atoms with E-state index in [2.05, 4.69) is 5.32 Å². The second kappa shape index (κ2) is 9.17. The number of carbonyl (C=O) groups excluding carboxylic acids is 3. The molecule has 0 bridgehead atoms. The van der Waals surface area contributed by atoms with Crippen molar-refractivity contribution in [3.8, 4) is 5.75 Å². The number of benzene rings is 1. The molecule has 0 atom stereocenters. The molecule has 6 nitrogen and oxygen atoms in total. The first-order chi connectivity index (χ1) is 12.4. The number of rotatable bonds is 5. The molecule has 1 saturated heterocycles. The van der Waals surface area contributed by atoms with Gasteiger partial charge in [0.2, 0.25) is 5.91 Å². The smallest absolute Gasteiger partial charge is 0.308 e. The first-order valence-electron chi connectivity index (χ1n) is 8.94. The Balaban J connectivity index is 1.90. The maximum Gasteiger partial charge on any atom is 0.308 e. The van der Waals surface area contributed by atoms with Crippen LogP contribution in [0.4, 0.5) is 0 Å². The molecule has 0 aromatic heterocycles. The van der Waals surface area contributed by atoms with Crippen molar-refractivity contribution in [2.24, 2.45) is 0 Å². The summed E-state index contributed by atoms with van der Waals surface area (Å²) >= 11 is 0. The topological polar surface area (TPSA) is 75.7 Å².